The zero-order chi connectivity index (χ0) is 14.7. The zero-order valence-electron chi connectivity index (χ0n) is 11.2. The number of hydrogen-bond donors (Lipinski definition) is 1. The second-order valence-corrected chi connectivity index (χ2v) is 5.10. The van der Waals surface area contributed by atoms with Gasteiger partial charge in [0.05, 0.1) is 11.3 Å². The minimum absolute atomic E-state index is 0.186. The van der Waals surface area contributed by atoms with Crippen molar-refractivity contribution in [2.75, 3.05) is 13.9 Å². The Hall–Kier alpha value is -2.09. The average molecular weight is 304 g/mol. The Morgan fingerprint density at radius 1 is 1.33 bits per heavy atom. The molecular weight excluding hydrogens is 292 g/mol. The number of hydrogen-bond acceptors (Lipinski definition) is 6. The van der Waals surface area contributed by atoms with Crippen molar-refractivity contribution < 1.29 is 13.3 Å². The summed E-state index contributed by atoms with van der Waals surface area (Å²) in [5, 5.41) is 7.42. The second-order valence-electron chi connectivity index (χ2n) is 4.23. The summed E-state index contributed by atoms with van der Waals surface area (Å²) in [6.45, 7) is 0.186. The van der Waals surface area contributed by atoms with Gasteiger partial charge in [-0.15, -0.1) is 0 Å². The van der Waals surface area contributed by atoms with E-state index in [-0.39, 0.29) is 6.79 Å². The molecular formula is C14H12N2O4S. The van der Waals surface area contributed by atoms with E-state index in [1.54, 1.807) is 31.5 Å². The van der Waals surface area contributed by atoms with Crippen LogP contribution in [0.25, 0.3) is 22.2 Å². The van der Waals surface area contributed by atoms with E-state index in [1.165, 1.54) is 0 Å². The first-order valence-electron chi connectivity index (χ1n) is 6.14. The normalized spacial score (nSPS) is 11.1. The summed E-state index contributed by atoms with van der Waals surface area (Å²) in [5.41, 5.74) is 1.18. The second kappa shape index (κ2) is 6.13. The number of rotatable bonds is 5. The van der Waals surface area contributed by atoms with Gasteiger partial charge >= 0.3 is 5.63 Å². The number of benzene rings is 1. The van der Waals surface area contributed by atoms with E-state index in [4.69, 9.17) is 13.3 Å². The highest BCUT2D eigenvalue weighted by Gasteiger charge is 2.09. The highest BCUT2D eigenvalue weighted by molar-refractivity contribution is 7.94. The summed E-state index contributed by atoms with van der Waals surface area (Å²) in [6.07, 6.45) is 1.59. The van der Waals surface area contributed by atoms with Gasteiger partial charge in [-0.05, 0) is 24.3 Å². The maximum atomic E-state index is 12.0. The van der Waals surface area contributed by atoms with Gasteiger partial charge < -0.3 is 9.15 Å². The van der Waals surface area contributed by atoms with Crippen molar-refractivity contribution in [1.82, 2.24) is 10.2 Å². The van der Waals surface area contributed by atoms with Gasteiger partial charge in [-0.25, -0.2) is 4.79 Å². The predicted octanol–water partition coefficient (Wildman–Crippen LogP) is 2.81. The Labute approximate surface area is 124 Å². The third-order valence-corrected chi connectivity index (χ3v) is 3.48. The number of nitrogens with one attached hydrogen (secondary N) is 1. The first-order chi connectivity index (χ1) is 10.3. The van der Waals surface area contributed by atoms with E-state index in [1.807, 2.05) is 12.1 Å². The maximum Gasteiger partial charge on any atom is 0.345 e. The molecule has 0 amide bonds. The molecule has 0 atom stereocenters. The van der Waals surface area contributed by atoms with Crippen LogP contribution >= 0.6 is 12.0 Å². The van der Waals surface area contributed by atoms with Crippen molar-refractivity contribution in [3.05, 3.63) is 46.9 Å². The molecule has 0 unspecified atom stereocenters. The third kappa shape index (κ3) is 2.99. The van der Waals surface area contributed by atoms with Crippen molar-refractivity contribution in [3.8, 4) is 11.3 Å². The molecule has 2 heterocycles. The van der Waals surface area contributed by atoms with Crippen molar-refractivity contribution in [1.29, 1.82) is 0 Å². The van der Waals surface area contributed by atoms with E-state index in [0.717, 1.165) is 22.3 Å². The Balaban J connectivity index is 1.97. The summed E-state index contributed by atoms with van der Waals surface area (Å²) in [5.74, 6) is 0. The monoisotopic (exact) mass is 304 g/mol. The van der Waals surface area contributed by atoms with Gasteiger partial charge in [0.1, 0.15) is 5.58 Å². The zero-order valence-corrected chi connectivity index (χ0v) is 12.0. The number of ether oxygens (including phenoxy) is 1. The van der Waals surface area contributed by atoms with Crippen LogP contribution in [-0.4, -0.2) is 24.1 Å². The third-order valence-electron chi connectivity index (χ3n) is 2.82. The van der Waals surface area contributed by atoms with Crippen molar-refractivity contribution >= 4 is 23.0 Å². The first-order valence-corrected chi connectivity index (χ1v) is 6.88. The van der Waals surface area contributed by atoms with Crippen molar-refractivity contribution in [3.63, 3.8) is 0 Å². The van der Waals surface area contributed by atoms with Crippen molar-refractivity contribution in [2.45, 2.75) is 4.90 Å². The molecule has 3 aromatic rings. The number of aromatic amines is 1. The predicted molar refractivity (Wildman–Crippen MR) is 78.9 cm³/mol. The van der Waals surface area contributed by atoms with Crippen molar-refractivity contribution in [2.24, 2.45) is 0 Å². The van der Waals surface area contributed by atoms with Crippen LogP contribution in [0.5, 0.6) is 0 Å². The van der Waals surface area contributed by atoms with E-state index in [0.29, 0.717) is 16.8 Å². The van der Waals surface area contributed by atoms with Gasteiger partial charge in [0.25, 0.3) is 0 Å². The first kappa shape index (κ1) is 13.9. The standard InChI is InChI=1S/C14H12N2O4S/c1-18-8-19-21-10-3-2-9-6-11(12-4-5-15-16-12)14(17)20-13(9)7-10/h2-7H,8H2,1H3,(H,15,16). The van der Waals surface area contributed by atoms with Crippen LogP contribution in [0.1, 0.15) is 0 Å². The number of aromatic nitrogens is 2. The molecule has 2 aromatic heterocycles. The van der Waals surface area contributed by atoms with Crippen LogP contribution in [0, 0.1) is 0 Å². The molecule has 0 saturated carbocycles. The Morgan fingerprint density at radius 3 is 3.00 bits per heavy atom. The molecule has 6 nitrogen and oxygen atoms in total. The fourth-order valence-electron chi connectivity index (χ4n) is 1.88. The number of methoxy groups -OCH3 is 1. The van der Waals surface area contributed by atoms with Gasteiger partial charge in [0.15, 0.2) is 6.79 Å². The van der Waals surface area contributed by atoms with Gasteiger partial charge in [0.2, 0.25) is 0 Å². The Bertz CT molecular complexity index is 798. The smallest absolute Gasteiger partial charge is 0.345 e. The topological polar surface area (TPSA) is 77.4 Å². The molecule has 108 valence electrons. The van der Waals surface area contributed by atoms with Gasteiger partial charge in [-0.1, -0.05) is 6.07 Å². The summed E-state index contributed by atoms with van der Waals surface area (Å²) in [7, 11) is 1.55. The summed E-state index contributed by atoms with van der Waals surface area (Å²) >= 11 is 1.16. The number of H-pyrrole nitrogens is 1. The van der Waals surface area contributed by atoms with E-state index < -0.39 is 5.63 Å². The maximum absolute atomic E-state index is 12.0. The Kier molecular flexibility index (Phi) is 4.05. The van der Waals surface area contributed by atoms with E-state index >= 15 is 0 Å². The molecule has 0 aliphatic rings. The van der Waals surface area contributed by atoms with Crippen LogP contribution in [0.4, 0.5) is 0 Å². The molecule has 21 heavy (non-hydrogen) atoms. The molecule has 0 spiro atoms. The lowest BCUT2D eigenvalue weighted by Crippen LogP contribution is -2.02. The van der Waals surface area contributed by atoms with Crippen LogP contribution in [0.15, 0.2) is 50.6 Å². The van der Waals surface area contributed by atoms with Gasteiger partial charge in [0, 0.05) is 35.6 Å². The fraction of sp³-hybridized carbons (Fsp3) is 0.143. The quantitative estimate of drug-likeness (QED) is 0.338. The fourth-order valence-corrected chi connectivity index (χ4v) is 2.44. The summed E-state index contributed by atoms with van der Waals surface area (Å²) in [4.78, 5) is 12.9. The molecule has 0 bridgehead atoms. The van der Waals surface area contributed by atoms with Gasteiger partial charge in [-0.2, -0.15) is 5.10 Å². The van der Waals surface area contributed by atoms with Gasteiger partial charge in [-0.3, -0.25) is 9.28 Å². The molecule has 0 aliphatic carbocycles. The van der Waals surface area contributed by atoms with Crippen LogP contribution < -0.4 is 5.63 Å². The highest BCUT2D eigenvalue weighted by atomic mass is 32.2. The lowest BCUT2D eigenvalue weighted by atomic mass is 10.1. The minimum atomic E-state index is -0.410. The molecule has 1 N–H and O–H groups in total. The molecule has 0 fully saturated rings. The number of nitrogens with zero attached hydrogens (tertiary/aromatic N) is 1. The average Bonchev–Trinajstić information content (AvgIpc) is 3.01. The van der Waals surface area contributed by atoms with Crippen LogP contribution in [0.2, 0.25) is 0 Å². The molecule has 3 rings (SSSR count). The molecule has 0 saturated heterocycles. The lowest BCUT2D eigenvalue weighted by molar-refractivity contribution is 0.0670. The number of fused-ring (bicyclic) bond motifs is 1. The Morgan fingerprint density at radius 2 is 2.24 bits per heavy atom. The molecule has 0 aliphatic heterocycles. The molecule has 0 radical (unpaired) electrons. The highest BCUT2D eigenvalue weighted by Crippen LogP contribution is 2.25. The van der Waals surface area contributed by atoms with E-state index in [9.17, 15) is 4.79 Å². The SMILES string of the molecule is COCOSc1ccc2cc(-c3ccn[nH]3)c(=O)oc2c1. The van der Waals surface area contributed by atoms with Crippen LogP contribution in [0.3, 0.4) is 0 Å². The largest absolute Gasteiger partial charge is 0.422 e. The van der Waals surface area contributed by atoms with Crippen LogP contribution in [-0.2, 0) is 8.92 Å². The molecule has 1 aromatic carbocycles. The summed E-state index contributed by atoms with van der Waals surface area (Å²) in [6, 6.07) is 9.02. The summed E-state index contributed by atoms with van der Waals surface area (Å²) < 4.78 is 15.4. The molecule has 7 heteroatoms. The van der Waals surface area contributed by atoms with E-state index in [2.05, 4.69) is 10.2 Å². The lowest BCUT2D eigenvalue weighted by Gasteiger charge is -2.04. The minimum Gasteiger partial charge on any atom is -0.422 e.